The minimum atomic E-state index is 0.147. The highest BCUT2D eigenvalue weighted by Crippen LogP contribution is 2.37. The van der Waals surface area contributed by atoms with Crippen molar-refractivity contribution < 1.29 is 0 Å². The molecule has 2 aromatic carbocycles. The smallest absolute Gasteiger partial charge is 0.0709 e. The Morgan fingerprint density at radius 2 is 1.64 bits per heavy atom. The van der Waals surface area contributed by atoms with Crippen LogP contribution in [0.3, 0.4) is 0 Å². The summed E-state index contributed by atoms with van der Waals surface area (Å²) in [6.45, 7) is 12.9. The Morgan fingerprint density at radius 3 is 2.43 bits per heavy atom. The van der Waals surface area contributed by atoms with E-state index in [0.29, 0.717) is 0 Å². The minimum Gasteiger partial charge on any atom is -0.330 e. The molecule has 1 atom stereocenters. The fourth-order valence-electron chi connectivity index (χ4n) is 6.92. The van der Waals surface area contributed by atoms with Crippen LogP contribution in [0.1, 0.15) is 90.9 Å². The van der Waals surface area contributed by atoms with Gasteiger partial charge in [-0.05, 0) is 118 Å². The molecule has 2 heteroatoms. The number of hydrogen-bond donors (Lipinski definition) is 0. The van der Waals surface area contributed by atoms with Gasteiger partial charge in [0.15, 0.2) is 0 Å². The van der Waals surface area contributed by atoms with Crippen LogP contribution in [0.5, 0.6) is 0 Å². The number of para-hydroxylation sites is 2. The Labute approximate surface area is 283 Å². The highest BCUT2D eigenvalue weighted by atomic mass is 15.2. The van der Waals surface area contributed by atoms with E-state index in [2.05, 4.69) is 165 Å². The second kappa shape index (κ2) is 16.3. The van der Waals surface area contributed by atoms with Gasteiger partial charge in [-0.25, -0.2) is 0 Å². The Kier molecular flexibility index (Phi) is 11.7. The summed E-state index contributed by atoms with van der Waals surface area (Å²) in [5.74, 6) is 0. The number of allylic oxidation sites excluding steroid dienone is 16. The number of hydrogen-bond acceptors (Lipinski definition) is 1. The second-order valence-electron chi connectivity index (χ2n) is 12.3. The standard InChI is InChI=1S/C43H46N2.C2H6/c1-5-34(31-36(6-2)44(37-21-10-8-11-22-37)41-26-12-7-9-19-33(41)4)35-20-13-14-23-38(29-28-35)45-42-27-16-15-24-39(42)40-25-17-18-32(3)30-43(40)45;1-2/h5,8-12,14-16,19-24,26-31,38H,6-7,13,17-18,25H2,1-4H3;1-2H3/b23-14-,29-28?,34-5+,35-20+,36-31+;. The first-order chi connectivity index (χ1) is 23.1. The molecule has 0 N–H and O–H groups in total. The molecule has 242 valence electrons. The lowest BCUT2D eigenvalue weighted by molar-refractivity contribution is 0.737. The number of anilines is 1. The summed E-state index contributed by atoms with van der Waals surface area (Å²) in [5, 5.41) is 1.40. The molecule has 0 aliphatic heterocycles. The Morgan fingerprint density at radius 1 is 0.872 bits per heavy atom. The topological polar surface area (TPSA) is 8.17 Å². The maximum atomic E-state index is 2.57. The molecule has 0 fully saturated rings. The van der Waals surface area contributed by atoms with Crippen LogP contribution in [0.4, 0.5) is 5.69 Å². The fourth-order valence-corrected chi connectivity index (χ4v) is 6.92. The van der Waals surface area contributed by atoms with Gasteiger partial charge in [-0.2, -0.15) is 0 Å². The second-order valence-corrected chi connectivity index (χ2v) is 12.3. The van der Waals surface area contributed by atoms with Gasteiger partial charge in [0.1, 0.15) is 0 Å². The van der Waals surface area contributed by atoms with Crippen molar-refractivity contribution in [3.05, 3.63) is 166 Å². The Bertz CT molecular complexity index is 1820. The average molecular weight is 621 g/mol. The van der Waals surface area contributed by atoms with Gasteiger partial charge in [-0.15, -0.1) is 0 Å². The van der Waals surface area contributed by atoms with E-state index in [1.54, 1.807) is 0 Å². The summed E-state index contributed by atoms with van der Waals surface area (Å²) >= 11 is 0. The molecule has 3 aliphatic carbocycles. The first-order valence-electron chi connectivity index (χ1n) is 17.7. The van der Waals surface area contributed by atoms with Gasteiger partial charge in [0, 0.05) is 33.7 Å². The van der Waals surface area contributed by atoms with Crippen LogP contribution in [-0.2, 0) is 6.42 Å². The Hall–Kier alpha value is -4.56. The maximum Gasteiger partial charge on any atom is 0.0709 e. The monoisotopic (exact) mass is 620 g/mol. The molecule has 47 heavy (non-hydrogen) atoms. The number of fused-ring (bicyclic) bond motifs is 3. The van der Waals surface area contributed by atoms with Crippen LogP contribution in [0, 0.1) is 0 Å². The SMILES string of the molecule is C/C=C(\C=C(/CC)N(C1=C(C)C=CCC=C1)c1ccccc1)C1=C/C/C=C\C(n2c3c(c4ccccc42)CCCC(C)=C3)C=C\1.CC. The van der Waals surface area contributed by atoms with Crippen molar-refractivity contribution in [3.63, 3.8) is 0 Å². The van der Waals surface area contributed by atoms with Crippen LogP contribution in [0.25, 0.3) is 17.0 Å². The fraction of sp³-hybridized carbons (Fsp3) is 0.289. The summed E-state index contributed by atoms with van der Waals surface area (Å²) in [6, 6.07) is 19.9. The molecule has 0 saturated carbocycles. The predicted octanol–water partition coefficient (Wildman–Crippen LogP) is 12.9. The molecule has 0 spiro atoms. The summed E-state index contributed by atoms with van der Waals surface area (Å²) in [6.07, 6.45) is 34.3. The zero-order valence-corrected chi connectivity index (χ0v) is 29.3. The van der Waals surface area contributed by atoms with Gasteiger partial charge >= 0.3 is 0 Å². The number of benzene rings is 2. The van der Waals surface area contributed by atoms with Crippen molar-refractivity contribution in [2.45, 2.75) is 86.1 Å². The van der Waals surface area contributed by atoms with Crippen LogP contribution in [0.15, 0.2) is 155 Å². The summed E-state index contributed by atoms with van der Waals surface area (Å²) in [5.41, 5.74) is 13.1. The van der Waals surface area contributed by atoms with Crippen LogP contribution < -0.4 is 4.90 Å². The molecule has 1 heterocycles. The molecule has 6 rings (SSSR count). The van der Waals surface area contributed by atoms with Crippen LogP contribution in [0.2, 0.25) is 0 Å². The van der Waals surface area contributed by atoms with Crippen LogP contribution >= 0.6 is 0 Å². The largest absolute Gasteiger partial charge is 0.330 e. The molecule has 1 aromatic heterocycles. The molecule has 0 saturated heterocycles. The number of rotatable bonds is 7. The van der Waals surface area contributed by atoms with Gasteiger partial charge in [0.2, 0.25) is 0 Å². The zero-order chi connectivity index (χ0) is 33.2. The van der Waals surface area contributed by atoms with E-state index in [0.717, 1.165) is 25.7 Å². The van der Waals surface area contributed by atoms with E-state index in [4.69, 9.17) is 0 Å². The number of nitrogens with zero attached hydrogens (tertiary/aromatic N) is 2. The molecule has 2 nitrogen and oxygen atoms in total. The molecule has 0 bridgehead atoms. The molecule has 3 aliphatic rings. The number of aromatic nitrogens is 1. The quantitative estimate of drug-likeness (QED) is 0.188. The minimum absolute atomic E-state index is 0.147. The van der Waals surface area contributed by atoms with E-state index in [1.165, 1.54) is 74.4 Å². The summed E-state index contributed by atoms with van der Waals surface area (Å²) in [4.78, 5) is 2.44. The molecular formula is C45H52N2. The van der Waals surface area contributed by atoms with Crippen LogP contribution in [-0.4, -0.2) is 4.57 Å². The van der Waals surface area contributed by atoms with Crippen molar-refractivity contribution in [1.29, 1.82) is 0 Å². The molecule has 3 aromatic rings. The number of aryl methyl sites for hydroxylation is 1. The van der Waals surface area contributed by atoms with Gasteiger partial charge in [0.25, 0.3) is 0 Å². The third kappa shape index (κ3) is 7.54. The van der Waals surface area contributed by atoms with E-state index in [1.807, 2.05) is 13.8 Å². The third-order valence-corrected chi connectivity index (χ3v) is 9.21. The van der Waals surface area contributed by atoms with Crippen molar-refractivity contribution in [1.82, 2.24) is 4.57 Å². The van der Waals surface area contributed by atoms with E-state index < -0.39 is 0 Å². The van der Waals surface area contributed by atoms with Crippen molar-refractivity contribution >= 4 is 22.7 Å². The molecule has 0 radical (unpaired) electrons. The zero-order valence-electron chi connectivity index (χ0n) is 29.3. The van der Waals surface area contributed by atoms with Crippen molar-refractivity contribution in [3.8, 4) is 0 Å². The van der Waals surface area contributed by atoms with Gasteiger partial charge in [0.05, 0.1) is 6.04 Å². The van der Waals surface area contributed by atoms with Gasteiger partial charge < -0.3 is 9.47 Å². The van der Waals surface area contributed by atoms with Gasteiger partial charge in [-0.1, -0.05) is 117 Å². The van der Waals surface area contributed by atoms with E-state index in [-0.39, 0.29) is 6.04 Å². The lowest BCUT2D eigenvalue weighted by Crippen LogP contribution is -2.22. The lowest BCUT2D eigenvalue weighted by Gasteiger charge is -2.30. The van der Waals surface area contributed by atoms with Crippen molar-refractivity contribution in [2.24, 2.45) is 0 Å². The highest BCUT2D eigenvalue weighted by Gasteiger charge is 2.22. The summed E-state index contributed by atoms with van der Waals surface area (Å²) in [7, 11) is 0. The van der Waals surface area contributed by atoms with E-state index >= 15 is 0 Å². The average Bonchev–Trinajstić information content (AvgIpc) is 3.21. The van der Waals surface area contributed by atoms with E-state index in [9.17, 15) is 0 Å². The summed E-state index contributed by atoms with van der Waals surface area (Å²) < 4.78 is 2.57. The molecular weight excluding hydrogens is 569 g/mol. The predicted molar refractivity (Wildman–Crippen MR) is 207 cm³/mol. The third-order valence-electron chi connectivity index (χ3n) is 9.21. The molecule has 0 amide bonds. The highest BCUT2D eigenvalue weighted by molar-refractivity contribution is 5.89. The first-order valence-corrected chi connectivity index (χ1v) is 17.7. The Balaban J connectivity index is 0.00000213. The maximum absolute atomic E-state index is 2.57. The normalized spacial score (nSPS) is 20.2. The lowest BCUT2D eigenvalue weighted by atomic mass is 9.98. The molecule has 1 unspecified atom stereocenters. The van der Waals surface area contributed by atoms with Gasteiger partial charge in [-0.3, -0.25) is 0 Å². The first kappa shape index (κ1) is 33.8. The van der Waals surface area contributed by atoms with Crippen molar-refractivity contribution in [2.75, 3.05) is 4.90 Å².